The Hall–Kier alpha value is -7.82. The molecule has 4 aromatic heterocycles. The van der Waals surface area contributed by atoms with Gasteiger partial charge in [0, 0.05) is 65.8 Å². The van der Waals surface area contributed by atoms with Crippen LogP contribution in [0, 0.1) is 0 Å². The summed E-state index contributed by atoms with van der Waals surface area (Å²) in [6.07, 6.45) is 0. The smallest absolute Gasteiger partial charge is 0.0641 e. The molecule has 0 unspecified atom stereocenters. The lowest BCUT2D eigenvalue weighted by Crippen LogP contribution is -2.10. The molecule has 0 bridgehead atoms. The van der Waals surface area contributed by atoms with E-state index in [0.717, 1.165) is 22.7 Å². The Balaban J connectivity index is 1.09. The molecule has 4 nitrogen and oxygen atoms in total. The van der Waals surface area contributed by atoms with E-state index in [1.54, 1.807) is 0 Å². The van der Waals surface area contributed by atoms with E-state index < -0.39 is 0 Å². The molecular formula is C60H46N4. The van der Waals surface area contributed by atoms with Crippen molar-refractivity contribution in [1.29, 1.82) is 0 Å². The van der Waals surface area contributed by atoms with Gasteiger partial charge in [-0.2, -0.15) is 0 Å². The highest BCUT2D eigenvalue weighted by molar-refractivity contribution is 6.32. The molecule has 306 valence electrons. The first-order valence-electron chi connectivity index (χ1n) is 22.7. The molecule has 64 heavy (non-hydrogen) atoms. The van der Waals surface area contributed by atoms with Crippen LogP contribution in [0.5, 0.6) is 0 Å². The normalized spacial score (nSPS) is 12.3. The van der Waals surface area contributed by atoms with Crippen LogP contribution in [-0.2, 0) is 0 Å². The highest BCUT2D eigenvalue weighted by atomic mass is 15.2. The van der Waals surface area contributed by atoms with Crippen molar-refractivity contribution < 1.29 is 0 Å². The van der Waals surface area contributed by atoms with Gasteiger partial charge in [0.2, 0.25) is 0 Å². The van der Waals surface area contributed by atoms with Gasteiger partial charge in [-0.05, 0) is 108 Å². The predicted molar refractivity (Wildman–Crippen MR) is 273 cm³/mol. The summed E-state index contributed by atoms with van der Waals surface area (Å²) in [7, 11) is 0. The minimum atomic E-state index is 0.462. The van der Waals surface area contributed by atoms with Crippen molar-refractivity contribution in [2.45, 2.75) is 39.5 Å². The van der Waals surface area contributed by atoms with E-state index in [2.05, 4.69) is 240 Å². The van der Waals surface area contributed by atoms with Crippen LogP contribution in [0.2, 0.25) is 0 Å². The van der Waals surface area contributed by atoms with E-state index in [-0.39, 0.29) is 0 Å². The molecule has 0 aliphatic carbocycles. The Morgan fingerprint density at radius 1 is 0.312 bits per heavy atom. The van der Waals surface area contributed by atoms with Crippen molar-refractivity contribution in [3.8, 4) is 0 Å². The standard InChI is InChI=1S/C60H46N4/c1-37(2)39-23-27-43(28-24-39)61(41-15-7-5-8-16-41)53-33-31-45-49-35-56-50(36-55(49)63-51-21-13-11-19-47(51)57(53)59(45)63)46-32-34-54(58-48-20-12-14-22-52(48)64(56)60(46)58)62(42-17-9-6-10-18-42)44-29-25-40(26-30-44)38(3)4/h5-38H,1-4H3. The molecule has 4 heteroatoms. The van der Waals surface area contributed by atoms with Gasteiger partial charge in [0.05, 0.1) is 44.5 Å². The number of rotatable bonds is 8. The topological polar surface area (TPSA) is 15.3 Å². The zero-order chi connectivity index (χ0) is 42.8. The van der Waals surface area contributed by atoms with Gasteiger partial charge in [0.25, 0.3) is 0 Å². The number of nitrogens with zero attached hydrogens (tertiary/aromatic N) is 4. The van der Waals surface area contributed by atoms with Crippen molar-refractivity contribution in [3.63, 3.8) is 0 Å². The maximum absolute atomic E-state index is 2.54. The van der Waals surface area contributed by atoms with Crippen LogP contribution in [0.25, 0.3) is 76.2 Å². The molecule has 9 aromatic carbocycles. The van der Waals surface area contributed by atoms with Crippen LogP contribution in [0.4, 0.5) is 34.1 Å². The number of hydrogen-bond acceptors (Lipinski definition) is 2. The van der Waals surface area contributed by atoms with Crippen LogP contribution < -0.4 is 9.80 Å². The minimum absolute atomic E-state index is 0.462. The summed E-state index contributed by atoms with van der Waals surface area (Å²) < 4.78 is 5.08. The molecule has 13 rings (SSSR count). The summed E-state index contributed by atoms with van der Waals surface area (Å²) in [4.78, 5) is 4.88. The van der Waals surface area contributed by atoms with Crippen molar-refractivity contribution >= 4 is 110 Å². The van der Waals surface area contributed by atoms with Gasteiger partial charge in [0.1, 0.15) is 0 Å². The molecule has 0 aliphatic rings. The Labute approximate surface area is 372 Å². The molecule has 0 spiro atoms. The van der Waals surface area contributed by atoms with E-state index in [4.69, 9.17) is 0 Å². The molecular weight excluding hydrogens is 777 g/mol. The van der Waals surface area contributed by atoms with Crippen LogP contribution in [0.15, 0.2) is 194 Å². The summed E-state index contributed by atoms with van der Waals surface area (Å²) in [6, 6.07) is 72.3. The van der Waals surface area contributed by atoms with E-state index in [1.807, 2.05) is 0 Å². The Morgan fingerprint density at radius 3 is 1.06 bits per heavy atom. The van der Waals surface area contributed by atoms with E-state index in [9.17, 15) is 0 Å². The average Bonchev–Trinajstić information content (AvgIpc) is 4.06. The Kier molecular flexibility index (Phi) is 7.96. The highest BCUT2D eigenvalue weighted by Crippen LogP contribution is 2.51. The molecule has 0 saturated carbocycles. The number of benzene rings is 9. The monoisotopic (exact) mass is 822 g/mol. The second-order valence-electron chi connectivity index (χ2n) is 18.1. The molecule has 13 aromatic rings. The Bertz CT molecular complexity index is 3620. The van der Waals surface area contributed by atoms with Crippen molar-refractivity contribution in [3.05, 3.63) is 205 Å². The molecule has 0 atom stereocenters. The van der Waals surface area contributed by atoms with Gasteiger partial charge in [-0.15, -0.1) is 0 Å². The first-order chi connectivity index (χ1) is 31.4. The van der Waals surface area contributed by atoms with Crippen molar-refractivity contribution in [2.75, 3.05) is 9.80 Å². The van der Waals surface area contributed by atoms with Crippen LogP contribution in [-0.4, -0.2) is 8.80 Å². The van der Waals surface area contributed by atoms with Crippen molar-refractivity contribution in [2.24, 2.45) is 0 Å². The summed E-state index contributed by atoms with van der Waals surface area (Å²) >= 11 is 0. The zero-order valence-corrected chi connectivity index (χ0v) is 36.4. The third-order valence-corrected chi connectivity index (χ3v) is 13.9. The molecule has 0 fully saturated rings. The van der Waals surface area contributed by atoms with Gasteiger partial charge in [-0.3, -0.25) is 0 Å². The second-order valence-corrected chi connectivity index (χ2v) is 18.1. The first-order valence-corrected chi connectivity index (χ1v) is 22.7. The third-order valence-electron chi connectivity index (χ3n) is 13.9. The maximum atomic E-state index is 2.54. The third kappa shape index (κ3) is 5.17. The van der Waals surface area contributed by atoms with Crippen LogP contribution >= 0.6 is 0 Å². The summed E-state index contributed by atoms with van der Waals surface area (Å²) in [6.45, 7) is 9.03. The molecule has 0 aliphatic heterocycles. The number of aromatic nitrogens is 2. The van der Waals surface area contributed by atoms with E-state index >= 15 is 0 Å². The SMILES string of the molecule is CC(C)c1ccc(N(c2ccccc2)c2ccc3c4cc5c(cc4n4c6ccccc6c2c34)c2ccc(N(c3ccccc3)c3ccc(C(C)C)cc3)c3c4ccccc4n5c23)cc1. The fourth-order valence-electron chi connectivity index (χ4n) is 10.9. The van der Waals surface area contributed by atoms with Gasteiger partial charge in [-0.25, -0.2) is 0 Å². The van der Waals surface area contributed by atoms with E-state index in [0.29, 0.717) is 11.8 Å². The fourth-order valence-corrected chi connectivity index (χ4v) is 10.9. The zero-order valence-electron chi connectivity index (χ0n) is 36.4. The lowest BCUT2D eigenvalue weighted by Gasteiger charge is -2.27. The number of anilines is 6. The van der Waals surface area contributed by atoms with E-state index in [1.165, 1.54) is 98.7 Å². The maximum Gasteiger partial charge on any atom is 0.0641 e. The Morgan fingerprint density at radius 2 is 0.672 bits per heavy atom. The van der Waals surface area contributed by atoms with Gasteiger partial charge < -0.3 is 18.6 Å². The van der Waals surface area contributed by atoms with Crippen molar-refractivity contribution in [1.82, 2.24) is 8.80 Å². The van der Waals surface area contributed by atoms with Gasteiger partial charge in [-0.1, -0.05) is 137 Å². The predicted octanol–water partition coefficient (Wildman–Crippen LogP) is 17.2. The van der Waals surface area contributed by atoms with Gasteiger partial charge in [0.15, 0.2) is 0 Å². The fraction of sp³-hybridized carbons (Fsp3) is 0.100. The lowest BCUT2D eigenvalue weighted by molar-refractivity contribution is 0.866. The number of hydrogen-bond donors (Lipinski definition) is 0. The second kappa shape index (κ2) is 13.8. The highest BCUT2D eigenvalue weighted by Gasteiger charge is 2.28. The minimum Gasteiger partial charge on any atom is -0.310 e. The quantitative estimate of drug-likeness (QED) is 0.152. The largest absolute Gasteiger partial charge is 0.310 e. The summed E-state index contributed by atoms with van der Waals surface area (Å²) in [5.41, 5.74) is 17.0. The lowest BCUT2D eigenvalue weighted by atomic mass is 10.0. The first kappa shape index (κ1) is 36.8. The summed E-state index contributed by atoms with van der Waals surface area (Å²) in [5.74, 6) is 0.923. The molecule has 0 radical (unpaired) electrons. The molecule has 0 saturated heterocycles. The average molecular weight is 823 g/mol. The van der Waals surface area contributed by atoms with Gasteiger partial charge >= 0.3 is 0 Å². The molecule has 0 N–H and O–H groups in total. The summed E-state index contributed by atoms with van der Waals surface area (Å²) in [5, 5.41) is 10.1. The van der Waals surface area contributed by atoms with Crippen LogP contribution in [0.3, 0.4) is 0 Å². The molecule has 0 amide bonds. The number of para-hydroxylation sites is 4. The molecule has 4 heterocycles. The number of fused-ring (bicyclic) bond motifs is 12. The van der Waals surface area contributed by atoms with Crippen LogP contribution in [0.1, 0.15) is 50.7 Å².